The Hall–Kier alpha value is -0.390. The minimum absolute atomic E-state index is 0.00304. The van der Waals surface area contributed by atoms with Gasteiger partial charge in [0.25, 0.3) is 0 Å². The summed E-state index contributed by atoms with van der Waals surface area (Å²) in [6.45, 7) is 7.15. The summed E-state index contributed by atoms with van der Waals surface area (Å²) in [4.78, 5) is 11.8. The van der Waals surface area contributed by atoms with Crippen molar-refractivity contribution in [3.8, 4) is 0 Å². The zero-order chi connectivity index (χ0) is 22.7. The van der Waals surface area contributed by atoms with Crippen LogP contribution >= 0.6 is 15.9 Å². The van der Waals surface area contributed by atoms with E-state index in [0.29, 0.717) is 6.54 Å². The topological polar surface area (TPSA) is 81.1 Å². The van der Waals surface area contributed by atoms with Crippen LogP contribution in [0.2, 0.25) is 0 Å². The number of allylic oxidation sites excluding steroid dienone is 1. The van der Waals surface area contributed by atoms with Gasteiger partial charge in [0.05, 0.1) is 6.04 Å². The number of hydrogen-bond acceptors (Lipinski definition) is 3. The Morgan fingerprint density at radius 1 is 0.867 bits per heavy atom. The highest BCUT2D eigenvalue weighted by molar-refractivity contribution is 9.09. The number of unbranched alkanes of at least 4 members (excludes halogenated alkanes) is 14. The summed E-state index contributed by atoms with van der Waals surface area (Å²) in [5.41, 5.74) is 11.3. The number of hydrogen-bond donors (Lipinski definition) is 3. The second-order valence-electron chi connectivity index (χ2n) is 8.22. The Balaban J connectivity index is 0. The van der Waals surface area contributed by atoms with Crippen molar-refractivity contribution in [2.45, 2.75) is 122 Å². The van der Waals surface area contributed by atoms with Crippen LogP contribution < -0.4 is 16.8 Å². The zero-order valence-corrected chi connectivity index (χ0v) is 21.5. The van der Waals surface area contributed by atoms with E-state index in [4.69, 9.17) is 11.5 Å². The van der Waals surface area contributed by atoms with Crippen LogP contribution in [0.4, 0.5) is 0 Å². The molecule has 0 spiro atoms. The second kappa shape index (κ2) is 28.6. The standard InChI is InChI=1S/C22H47N3O.C3H5Br/c1-2-3-4-5-6-7-8-9-10-11-12-13-14-17-20-25-22(26)21(24)18-15-16-19-23;1-2-3-4/h21H,2-20,23-24H2,1H3,(H,25,26);2H,1,3H2/t21-;/m0./s1. The van der Waals surface area contributed by atoms with Gasteiger partial charge in [0.15, 0.2) is 0 Å². The molecule has 0 aliphatic carbocycles. The Morgan fingerprint density at radius 3 is 1.70 bits per heavy atom. The van der Waals surface area contributed by atoms with Gasteiger partial charge in [0.1, 0.15) is 0 Å². The molecule has 30 heavy (non-hydrogen) atoms. The number of carbonyl (C=O) groups is 1. The number of rotatable bonds is 21. The van der Waals surface area contributed by atoms with Crippen molar-refractivity contribution in [1.82, 2.24) is 5.32 Å². The molecule has 0 aromatic heterocycles. The molecular formula is C25H52BrN3O. The van der Waals surface area contributed by atoms with E-state index in [1.165, 1.54) is 83.5 Å². The normalized spacial score (nSPS) is 11.5. The summed E-state index contributed by atoms with van der Waals surface area (Å²) in [6.07, 6.45) is 23.4. The lowest BCUT2D eigenvalue weighted by molar-refractivity contribution is -0.122. The van der Waals surface area contributed by atoms with Crippen molar-refractivity contribution in [2.75, 3.05) is 18.4 Å². The number of nitrogens with two attached hydrogens (primary N) is 2. The van der Waals surface area contributed by atoms with Crippen LogP contribution in [0.5, 0.6) is 0 Å². The molecule has 0 unspecified atom stereocenters. The molecule has 0 fully saturated rings. The number of alkyl halides is 1. The first-order valence-electron chi connectivity index (χ1n) is 12.5. The molecule has 0 saturated heterocycles. The lowest BCUT2D eigenvalue weighted by atomic mass is 10.0. The van der Waals surface area contributed by atoms with Gasteiger partial charge in [-0.2, -0.15) is 0 Å². The molecule has 5 N–H and O–H groups in total. The van der Waals surface area contributed by atoms with Gasteiger partial charge in [-0.1, -0.05) is 119 Å². The lowest BCUT2D eigenvalue weighted by Crippen LogP contribution is -2.40. The average molecular weight is 491 g/mol. The monoisotopic (exact) mass is 489 g/mol. The van der Waals surface area contributed by atoms with Gasteiger partial charge in [-0.3, -0.25) is 4.79 Å². The predicted molar refractivity (Wildman–Crippen MR) is 138 cm³/mol. The first kappa shape index (κ1) is 31.8. The highest BCUT2D eigenvalue weighted by Gasteiger charge is 2.11. The molecule has 1 atom stereocenters. The van der Waals surface area contributed by atoms with Gasteiger partial charge in [0, 0.05) is 11.9 Å². The van der Waals surface area contributed by atoms with Crippen molar-refractivity contribution < 1.29 is 4.79 Å². The summed E-state index contributed by atoms with van der Waals surface area (Å²) in [7, 11) is 0. The minimum atomic E-state index is -0.367. The van der Waals surface area contributed by atoms with Crippen molar-refractivity contribution in [1.29, 1.82) is 0 Å². The molecule has 0 aliphatic rings. The zero-order valence-electron chi connectivity index (χ0n) is 19.9. The maximum absolute atomic E-state index is 11.8. The smallest absolute Gasteiger partial charge is 0.236 e. The number of halogens is 1. The van der Waals surface area contributed by atoms with Crippen LogP contribution in [0, 0.1) is 0 Å². The maximum atomic E-state index is 11.8. The van der Waals surface area contributed by atoms with Gasteiger partial charge in [-0.25, -0.2) is 0 Å². The molecule has 0 aliphatic heterocycles. The Labute approximate surface area is 196 Å². The molecule has 180 valence electrons. The number of nitrogens with one attached hydrogen (secondary N) is 1. The SMILES string of the molecule is C=CCBr.CCCCCCCCCCCCCCCCNC(=O)[C@@H](N)CCCCN. The third-order valence-corrected chi connectivity index (χ3v) is 5.70. The first-order valence-corrected chi connectivity index (χ1v) is 13.7. The predicted octanol–water partition coefficient (Wildman–Crippen LogP) is 6.61. The molecule has 4 nitrogen and oxygen atoms in total. The highest BCUT2D eigenvalue weighted by atomic mass is 79.9. The van der Waals surface area contributed by atoms with Crippen molar-refractivity contribution in [3.05, 3.63) is 12.7 Å². The van der Waals surface area contributed by atoms with Gasteiger partial charge < -0.3 is 16.8 Å². The Kier molecular flexibility index (Phi) is 30.3. The molecule has 0 saturated carbocycles. The molecule has 0 heterocycles. The first-order chi connectivity index (χ1) is 14.6. The van der Waals surface area contributed by atoms with Gasteiger partial charge in [-0.15, -0.1) is 6.58 Å². The molecule has 0 aromatic carbocycles. The van der Waals surface area contributed by atoms with E-state index < -0.39 is 0 Å². The lowest BCUT2D eigenvalue weighted by Gasteiger charge is -2.11. The van der Waals surface area contributed by atoms with Crippen LogP contribution in [0.3, 0.4) is 0 Å². The third kappa shape index (κ3) is 27.6. The number of amides is 1. The summed E-state index contributed by atoms with van der Waals surface area (Å²) >= 11 is 3.13. The fourth-order valence-electron chi connectivity index (χ4n) is 3.30. The Bertz CT molecular complexity index is 353. The van der Waals surface area contributed by atoms with Crippen molar-refractivity contribution in [3.63, 3.8) is 0 Å². The summed E-state index contributed by atoms with van der Waals surface area (Å²) in [6, 6.07) is -0.367. The fraction of sp³-hybridized carbons (Fsp3) is 0.880. The van der Waals surface area contributed by atoms with E-state index in [1.54, 1.807) is 6.08 Å². The molecule has 0 radical (unpaired) electrons. The van der Waals surface area contributed by atoms with E-state index in [0.717, 1.165) is 37.6 Å². The third-order valence-electron chi connectivity index (χ3n) is 5.24. The summed E-state index contributed by atoms with van der Waals surface area (Å²) in [5, 5.41) is 3.85. The van der Waals surface area contributed by atoms with E-state index in [1.807, 2.05) is 0 Å². The van der Waals surface area contributed by atoms with E-state index in [-0.39, 0.29) is 11.9 Å². The maximum Gasteiger partial charge on any atom is 0.236 e. The minimum Gasteiger partial charge on any atom is -0.355 e. The van der Waals surface area contributed by atoms with Crippen molar-refractivity contribution >= 4 is 21.8 Å². The summed E-state index contributed by atoms with van der Waals surface area (Å²) in [5.74, 6) is -0.00304. The van der Waals surface area contributed by atoms with Crippen LogP contribution in [0.15, 0.2) is 12.7 Å². The van der Waals surface area contributed by atoms with Crippen LogP contribution in [0.1, 0.15) is 116 Å². The molecule has 5 heteroatoms. The Morgan fingerprint density at radius 2 is 1.30 bits per heavy atom. The second-order valence-corrected chi connectivity index (χ2v) is 8.87. The highest BCUT2D eigenvalue weighted by Crippen LogP contribution is 2.12. The van der Waals surface area contributed by atoms with E-state index >= 15 is 0 Å². The molecule has 0 aromatic rings. The van der Waals surface area contributed by atoms with E-state index in [2.05, 4.69) is 34.7 Å². The molecule has 1 amide bonds. The van der Waals surface area contributed by atoms with Crippen molar-refractivity contribution in [2.24, 2.45) is 11.5 Å². The molecule has 0 bridgehead atoms. The van der Waals surface area contributed by atoms with Crippen LogP contribution in [0.25, 0.3) is 0 Å². The number of carbonyl (C=O) groups excluding carboxylic acids is 1. The van der Waals surface area contributed by atoms with Crippen LogP contribution in [-0.4, -0.2) is 30.4 Å². The van der Waals surface area contributed by atoms with E-state index in [9.17, 15) is 4.79 Å². The average Bonchev–Trinajstić information content (AvgIpc) is 2.76. The van der Waals surface area contributed by atoms with Gasteiger partial charge >= 0.3 is 0 Å². The molecular weight excluding hydrogens is 438 g/mol. The fourth-order valence-corrected chi connectivity index (χ4v) is 3.30. The van der Waals surface area contributed by atoms with Gasteiger partial charge in [0.2, 0.25) is 5.91 Å². The van der Waals surface area contributed by atoms with Gasteiger partial charge in [-0.05, 0) is 25.8 Å². The van der Waals surface area contributed by atoms with Crippen LogP contribution in [-0.2, 0) is 4.79 Å². The quantitative estimate of drug-likeness (QED) is 0.0962. The summed E-state index contributed by atoms with van der Waals surface area (Å²) < 4.78 is 0. The molecule has 0 rings (SSSR count). The largest absolute Gasteiger partial charge is 0.355 e.